The van der Waals surface area contributed by atoms with Crippen LogP contribution in [0.1, 0.15) is 31.9 Å². The van der Waals surface area contributed by atoms with Gasteiger partial charge < -0.3 is 15.2 Å². The molecule has 0 aliphatic rings. The highest BCUT2D eigenvalue weighted by Gasteiger charge is 2.08. The maximum Gasteiger partial charge on any atom is 0.235 e. The Kier molecular flexibility index (Phi) is 6.87. The normalized spacial score (nSPS) is 10.4. The molecule has 0 aliphatic heterocycles. The summed E-state index contributed by atoms with van der Waals surface area (Å²) < 4.78 is 4.90. The molecule has 0 bridgehead atoms. The van der Waals surface area contributed by atoms with E-state index in [9.17, 15) is 9.59 Å². The third kappa shape index (κ3) is 6.08. The Bertz CT molecular complexity index is 700. The third-order valence-corrected chi connectivity index (χ3v) is 4.13. The first kappa shape index (κ1) is 18.1. The predicted octanol–water partition coefficient (Wildman–Crippen LogP) is 3.84. The number of carbonyl (C=O) groups is 2. The molecule has 0 fully saturated rings. The van der Waals surface area contributed by atoms with Crippen molar-refractivity contribution < 1.29 is 14.1 Å². The van der Waals surface area contributed by atoms with Crippen LogP contribution in [0.3, 0.4) is 0 Å². The summed E-state index contributed by atoms with van der Waals surface area (Å²) >= 11 is 1.39. The fraction of sp³-hybridized carbons (Fsp3) is 0.353. The molecule has 1 aromatic carbocycles. The van der Waals surface area contributed by atoms with E-state index in [1.165, 1.54) is 11.8 Å². The number of carbonyl (C=O) groups excluding carboxylic acids is 2. The molecule has 0 aliphatic carbocycles. The molecule has 2 amide bonds. The highest BCUT2D eigenvalue weighted by atomic mass is 32.2. The predicted molar refractivity (Wildman–Crippen MR) is 95.2 cm³/mol. The third-order valence-electron chi connectivity index (χ3n) is 3.14. The SMILES string of the molecule is CCCCC(=O)Nc1cccc(SCC(=O)Nc2cc(C)on2)c1. The first-order chi connectivity index (χ1) is 11.6. The topological polar surface area (TPSA) is 84.2 Å². The lowest BCUT2D eigenvalue weighted by Crippen LogP contribution is -2.14. The van der Waals surface area contributed by atoms with Crippen molar-refractivity contribution in [1.82, 2.24) is 5.16 Å². The number of unbranched alkanes of at least 4 members (excludes halogenated alkanes) is 1. The number of thioether (sulfide) groups is 1. The average molecular weight is 347 g/mol. The van der Waals surface area contributed by atoms with Crippen molar-refractivity contribution in [3.63, 3.8) is 0 Å². The number of amides is 2. The molecule has 0 radical (unpaired) electrons. The Labute approximate surface area is 145 Å². The summed E-state index contributed by atoms with van der Waals surface area (Å²) in [5.41, 5.74) is 0.744. The molecule has 0 unspecified atom stereocenters. The van der Waals surface area contributed by atoms with E-state index in [1.807, 2.05) is 24.3 Å². The van der Waals surface area contributed by atoms with Gasteiger partial charge in [0.15, 0.2) is 5.82 Å². The number of aryl methyl sites for hydroxylation is 1. The number of aromatic nitrogens is 1. The van der Waals surface area contributed by atoms with Crippen molar-refractivity contribution >= 4 is 35.1 Å². The van der Waals surface area contributed by atoms with E-state index in [0.717, 1.165) is 23.4 Å². The van der Waals surface area contributed by atoms with E-state index in [4.69, 9.17) is 4.52 Å². The summed E-state index contributed by atoms with van der Waals surface area (Å²) in [6.07, 6.45) is 2.39. The molecule has 1 aromatic heterocycles. The number of anilines is 2. The van der Waals surface area contributed by atoms with Gasteiger partial charge in [-0.1, -0.05) is 24.6 Å². The largest absolute Gasteiger partial charge is 0.360 e. The summed E-state index contributed by atoms with van der Waals surface area (Å²) in [6.45, 7) is 3.81. The Balaban J connectivity index is 1.83. The maximum absolute atomic E-state index is 11.9. The van der Waals surface area contributed by atoms with Gasteiger partial charge in [-0.3, -0.25) is 9.59 Å². The Hall–Kier alpha value is -2.28. The molecule has 6 nitrogen and oxygen atoms in total. The second kappa shape index (κ2) is 9.12. The van der Waals surface area contributed by atoms with E-state index >= 15 is 0 Å². The lowest BCUT2D eigenvalue weighted by atomic mass is 10.2. The average Bonchev–Trinajstić information content (AvgIpc) is 2.96. The minimum Gasteiger partial charge on any atom is -0.360 e. The van der Waals surface area contributed by atoms with Crippen LogP contribution in [0.4, 0.5) is 11.5 Å². The van der Waals surface area contributed by atoms with Gasteiger partial charge in [0.05, 0.1) is 5.75 Å². The molecule has 2 aromatic rings. The van der Waals surface area contributed by atoms with Crippen LogP contribution < -0.4 is 10.6 Å². The summed E-state index contributed by atoms with van der Waals surface area (Å²) in [4.78, 5) is 24.6. The van der Waals surface area contributed by atoms with Gasteiger partial charge in [-0.15, -0.1) is 11.8 Å². The number of benzene rings is 1. The fourth-order valence-electron chi connectivity index (χ4n) is 1.98. The van der Waals surface area contributed by atoms with E-state index < -0.39 is 0 Å². The second-order valence-corrected chi connectivity index (χ2v) is 6.39. The van der Waals surface area contributed by atoms with Crippen LogP contribution in [0.25, 0.3) is 0 Å². The second-order valence-electron chi connectivity index (χ2n) is 5.34. The number of hydrogen-bond donors (Lipinski definition) is 2. The number of nitrogens with one attached hydrogen (secondary N) is 2. The van der Waals surface area contributed by atoms with Gasteiger partial charge in [-0.05, 0) is 31.5 Å². The Morgan fingerprint density at radius 2 is 2.04 bits per heavy atom. The molecular weight excluding hydrogens is 326 g/mol. The van der Waals surface area contributed by atoms with Crippen LogP contribution >= 0.6 is 11.8 Å². The first-order valence-electron chi connectivity index (χ1n) is 7.82. The zero-order valence-corrected chi connectivity index (χ0v) is 14.6. The number of hydrogen-bond acceptors (Lipinski definition) is 5. The zero-order chi connectivity index (χ0) is 17.4. The van der Waals surface area contributed by atoms with Crippen LogP contribution in [0, 0.1) is 6.92 Å². The molecular formula is C17H21N3O3S. The molecule has 128 valence electrons. The van der Waals surface area contributed by atoms with Crippen molar-refractivity contribution in [3.05, 3.63) is 36.1 Å². The Morgan fingerprint density at radius 3 is 2.75 bits per heavy atom. The van der Waals surface area contributed by atoms with Crippen LogP contribution in [0.5, 0.6) is 0 Å². The van der Waals surface area contributed by atoms with Gasteiger partial charge in [0.1, 0.15) is 5.76 Å². The van der Waals surface area contributed by atoms with E-state index in [-0.39, 0.29) is 17.6 Å². The smallest absolute Gasteiger partial charge is 0.235 e. The van der Waals surface area contributed by atoms with Gasteiger partial charge in [0.2, 0.25) is 11.8 Å². The molecule has 1 heterocycles. The van der Waals surface area contributed by atoms with Crippen LogP contribution in [0.15, 0.2) is 39.8 Å². The molecule has 0 saturated heterocycles. The van der Waals surface area contributed by atoms with Crippen molar-refractivity contribution in [2.24, 2.45) is 0 Å². The quantitative estimate of drug-likeness (QED) is 0.709. The van der Waals surface area contributed by atoms with E-state index in [1.54, 1.807) is 13.0 Å². The van der Waals surface area contributed by atoms with Gasteiger partial charge in [-0.2, -0.15) is 0 Å². The Morgan fingerprint density at radius 1 is 1.21 bits per heavy atom. The zero-order valence-electron chi connectivity index (χ0n) is 13.8. The number of rotatable bonds is 8. The molecule has 0 spiro atoms. The van der Waals surface area contributed by atoms with Gasteiger partial charge in [0.25, 0.3) is 0 Å². The van der Waals surface area contributed by atoms with Gasteiger partial charge in [0, 0.05) is 23.1 Å². The van der Waals surface area contributed by atoms with Crippen LogP contribution in [-0.2, 0) is 9.59 Å². The molecule has 2 rings (SSSR count). The molecule has 7 heteroatoms. The molecule has 0 atom stereocenters. The molecule has 0 saturated carbocycles. The highest BCUT2D eigenvalue weighted by Crippen LogP contribution is 2.22. The van der Waals surface area contributed by atoms with Crippen LogP contribution in [-0.4, -0.2) is 22.7 Å². The van der Waals surface area contributed by atoms with Crippen LogP contribution in [0.2, 0.25) is 0 Å². The van der Waals surface area contributed by atoms with Crippen molar-refractivity contribution in [2.45, 2.75) is 38.0 Å². The summed E-state index contributed by atoms with van der Waals surface area (Å²) in [5.74, 6) is 1.16. The summed E-state index contributed by atoms with van der Waals surface area (Å²) in [6, 6.07) is 9.12. The summed E-state index contributed by atoms with van der Waals surface area (Å²) in [5, 5.41) is 9.26. The first-order valence-corrected chi connectivity index (χ1v) is 8.81. The highest BCUT2D eigenvalue weighted by molar-refractivity contribution is 8.00. The van der Waals surface area contributed by atoms with Crippen molar-refractivity contribution in [2.75, 3.05) is 16.4 Å². The number of nitrogens with zero attached hydrogens (tertiary/aromatic N) is 1. The molecule has 24 heavy (non-hydrogen) atoms. The standard InChI is InChI=1S/C17H21N3O3S/c1-3-4-8-16(21)18-13-6-5-7-14(10-13)24-11-17(22)19-15-9-12(2)23-20-15/h5-7,9-10H,3-4,8,11H2,1-2H3,(H,18,21)(H,19,20,22). The molecule has 2 N–H and O–H groups in total. The fourth-order valence-corrected chi connectivity index (χ4v) is 2.73. The monoisotopic (exact) mass is 347 g/mol. The lowest BCUT2D eigenvalue weighted by Gasteiger charge is -2.07. The van der Waals surface area contributed by atoms with E-state index in [0.29, 0.717) is 18.0 Å². The minimum absolute atomic E-state index is 0.0122. The maximum atomic E-state index is 11.9. The van der Waals surface area contributed by atoms with E-state index in [2.05, 4.69) is 22.7 Å². The lowest BCUT2D eigenvalue weighted by molar-refractivity contribution is -0.116. The summed E-state index contributed by atoms with van der Waals surface area (Å²) in [7, 11) is 0. The van der Waals surface area contributed by atoms with Gasteiger partial charge in [-0.25, -0.2) is 0 Å². The van der Waals surface area contributed by atoms with Gasteiger partial charge >= 0.3 is 0 Å². The minimum atomic E-state index is -0.161. The van der Waals surface area contributed by atoms with Crippen molar-refractivity contribution in [3.8, 4) is 0 Å². The van der Waals surface area contributed by atoms with Crippen molar-refractivity contribution in [1.29, 1.82) is 0 Å².